The molecule has 1 fully saturated rings. The molecular weight excluding hydrogens is 339 g/mol. The summed E-state index contributed by atoms with van der Waals surface area (Å²) in [4.78, 5) is 2.43. The summed E-state index contributed by atoms with van der Waals surface area (Å²) in [5.74, 6) is -0.214. The van der Waals surface area contributed by atoms with Gasteiger partial charge in [0.05, 0.1) is 4.90 Å². The van der Waals surface area contributed by atoms with E-state index in [2.05, 4.69) is 4.90 Å². The zero-order valence-electron chi connectivity index (χ0n) is 14.4. The summed E-state index contributed by atoms with van der Waals surface area (Å²) < 4.78 is 40.8. The number of halogens is 1. The lowest BCUT2D eigenvalue weighted by molar-refractivity contribution is 0.180. The zero-order valence-corrected chi connectivity index (χ0v) is 15.2. The van der Waals surface area contributed by atoms with E-state index in [4.69, 9.17) is 0 Å². The quantitative estimate of drug-likeness (QED) is 0.821. The highest BCUT2D eigenvalue weighted by atomic mass is 32.2. The molecule has 25 heavy (non-hydrogen) atoms. The maximum Gasteiger partial charge on any atom is 0.243 e. The van der Waals surface area contributed by atoms with Crippen LogP contribution in [0, 0.1) is 5.82 Å². The van der Waals surface area contributed by atoms with Gasteiger partial charge in [-0.2, -0.15) is 4.31 Å². The topological polar surface area (TPSA) is 40.6 Å². The SMILES string of the molecule is CCc1ccc(S(=O)(=O)N2CCN(Cc3ccccc3F)CC2)cc1. The van der Waals surface area contributed by atoms with Crippen molar-refractivity contribution >= 4 is 10.0 Å². The van der Waals surface area contributed by atoms with Crippen LogP contribution in [0.15, 0.2) is 53.4 Å². The minimum absolute atomic E-state index is 0.214. The molecule has 1 aliphatic rings. The van der Waals surface area contributed by atoms with Gasteiger partial charge in [0, 0.05) is 38.3 Å². The van der Waals surface area contributed by atoms with Crippen LogP contribution in [0.1, 0.15) is 18.1 Å². The molecule has 4 nitrogen and oxygen atoms in total. The number of hydrogen-bond donors (Lipinski definition) is 0. The summed E-state index contributed by atoms with van der Waals surface area (Å²) in [6, 6.07) is 13.8. The molecule has 6 heteroatoms. The van der Waals surface area contributed by atoms with Gasteiger partial charge in [-0.3, -0.25) is 4.90 Å². The number of hydrogen-bond acceptors (Lipinski definition) is 3. The summed E-state index contributed by atoms with van der Waals surface area (Å²) in [6.45, 7) is 4.59. The van der Waals surface area contributed by atoms with Gasteiger partial charge in [0.15, 0.2) is 0 Å². The molecule has 134 valence electrons. The summed E-state index contributed by atoms with van der Waals surface area (Å²) in [7, 11) is -3.46. The molecule has 0 saturated carbocycles. The Bertz CT molecular complexity index is 814. The van der Waals surface area contributed by atoms with Crippen molar-refractivity contribution in [2.24, 2.45) is 0 Å². The molecule has 0 spiro atoms. The van der Waals surface area contributed by atoms with Crippen LogP contribution in [-0.4, -0.2) is 43.8 Å². The summed E-state index contributed by atoms with van der Waals surface area (Å²) >= 11 is 0. The number of sulfonamides is 1. The van der Waals surface area contributed by atoms with Crippen LogP contribution in [0.4, 0.5) is 4.39 Å². The van der Waals surface area contributed by atoms with E-state index in [-0.39, 0.29) is 5.82 Å². The van der Waals surface area contributed by atoms with Gasteiger partial charge in [-0.05, 0) is 30.2 Å². The van der Waals surface area contributed by atoms with Crippen LogP contribution in [0.3, 0.4) is 0 Å². The van der Waals surface area contributed by atoms with Crippen LogP contribution in [0.2, 0.25) is 0 Å². The van der Waals surface area contributed by atoms with E-state index in [0.29, 0.717) is 43.2 Å². The third-order valence-corrected chi connectivity index (χ3v) is 6.57. The second-order valence-electron chi connectivity index (χ2n) is 6.27. The van der Waals surface area contributed by atoms with Crippen molar-refractivity contribution in [3.63, 3.8) is 0 Å². The van der Waals surface area contributed by atoms with Crippen molar-refractivity contribution in [2.75, 3.05) is 26.2 Å². The predicted octanol–water partition coefficient (Wildman–Crippen LogP) is 2.89. The Kier molecular flexibility index (Phi) is 5.51. The van der Waals surface area contributed by atoms with Crippen molar-refractivity contribution in [1.82, 2.24) is 9.21 Å². The maximum absolute atomic E-state index is 13.8. The summed E-state index contributed by atoms with van der Waals surface area (Å²) in [5, 5.41) is 0. The summed E-state index contributed by atoms with van der Waals surface area (Å²) in [5.41, 5.74) is 1.77. The Balaban J connectivity index is 1.64. The molecule has 1 heterocycles. The fourth-order valence-electron chi connectivity index (χ4n) is 3.04. The predicted molar refractivity (Wildman–Crippen MR) is 96.3 cm³/mol. The molecule has 0 amide bonds. The van der Waals surface area contributed by atoms with Crippen molar-refractivity contribution in [1.29, 1.82) is 0 Å². The Hall–Kier alpha value is -1.76. The van der Waals surface area contributed by atoms with Crippen LogP contribution in [0.5, 0.6) is 0 Å². The minimum Gasteiger partial charge on any atom is -0.296 e. The van der Waals surface area contributed by atoms with Crippen molar-refractivity contribution in [2.45, 2.75) is 24.8 Å². The molecule has 0 N–H and O–H groups in total. The Morgan fingerprint density at radius 1 is 0.960 bits per heavy atom. The first-order chi connectivity index (χ1) is 12.0. The van der Waals surface area contributed by atoms with Crippen LogP contribution in [-0.2, 0) is 23.0 Å². The van der Waals surface area contributed by atoms with Crippen LogP contribution in [0.25, 0.3) is 0 Å². The molecule has 0 unspecified atom stereocenters. The molecule has 1 saturated heterocycles. The third-order valence-electron chi connectivity index (χ3n) is 4.65. The summed E-state index contributed by atoms with van der Waals surface area (Å²) in [6.07, 6.45) is 0.884. The highest BCUT2D eigenvalue weighted by Crippen LogP contribution is 2.19. The van der Waals surface area contributed by atoms with Gasteiger partial charge in [0.25, 0.3) is 0 Å². The van der Waals surface area contributed by atoms with Gasteiger partial charge in [0.1, 0.15) is 5.82 Å². The lowest BCUT2D eigenvalue weighted by Crippen LogP contribution is -2.48. The number of aryl methyl sites for hydroxylation is 1. The van der Waals surface area contributed by atoms with Gasteiger partial charge >= 0.3 is 0 Å². The zero-order chi connectivity index (χ0) is 17.9. The first kappa shape index (κ1) is 18.0. The standard InChI is InChI=1S/C19H23FN2O2S/c1-2-16-7-9-18(10-8-16)25(23,24)22-13-11-21(12-14-22)15-17-5-3-4-6-19(17)20/h3-10H,2,11-15H2,1H3. The third kappa shape index (κ3) is 4.08. The van der Waals surface area contributed by atoms with Crippen LogP contribution < -0.4 is 0 Å². The van der Waals surface area contributed by atoms with E-state index < -0.39 is 10.0 Å². The van der Waals surface area contributed by atoms with E-state index in [1.165, 1.54) is 10.4 Å². The van der Waals surface area contributed by atoms with Gasteiger partial charge < -0.3 is 0 Å². The molecule has 2 aromatic rings. The van der Waals surface area contributed by atoms with Crippen molar-refractivity contribution in [3.05, 3.63) is 65.5 Å². The van der Waals surface area contributed by atoms with Gasteiger partial charge in [0.2, 0.25) is 10.0 Å². The van der Waals surface area contributed by atoms with Gasteiger partial charge in [-0.25, -0.2) is 12.8 Å². The molecular formula is C19H23FN2O2S. The Labute approximate surface area is 148 Å². The molecule has 0 bridgehead atoms. The Morgan fingerprint density at radius 3 is 2.20 bits per heavy atom. The second-order valence-corrected chi connectivity index (χ2v) is 8.21. The van der Waals surface area contributed by atoms with E-state index in [0.717, 1.165) is 12.0 Å². The maximum atomic E-state index is 13.8. The van der Waals surface area contributed by atoms with Crippen molar-refractivity contribution < 1.29 is 12.8 Å². The smallest absolute Gasteiger partial charge is 0.243 e. The van der Waals surface area contributed by atoms with E-state index in [9.17, 15) is 12.8 Å². The normalized spacial score (nSPS) is 16.9. The minimum atomic E-state index is -3.46. The van der Waals surface area contributed by atoms with E-state index >= 15 is 0 Å². The molecule has 1 aliphatic heterocycles. The van der Waals surface area contributed by atoms with Crippen molar-refractivity contribution in [3.8, 4) is 0 Å². The molecule has 0 aromatic heterocycles. The number of nitrogens with zero attached hydrogens (tertiary/aromatic N) is 2. The van der Waals surface area contributed by atoms with E-state index in [1.54, 1.807) is 24.3 Å². The molecule has 3 rings (SSSR count). The largest absolute Gasteiger partial charge is 0.296 e. The lowest BCUT2D eigenvalue weighted by atomic mass is 10.2. The number of piperazine rings is 1. The fourth-order valence-corrected chi connectivity index (χ4v) is 4.46. The second kappa shape index (κ2) is 7.64. The molecule has 2 aromatic carbocycles. The first-order valence-corrected chi connectivity index (χ1v) is 9.99. The van der Waals surface area contributed by atoms with E-state index in [1.807, 2.05) is 25.1 Å². The Morgan fingerprint density at radius 2 is 1.60 bits per heavy atom. The monoisotopic (exact) mass is 362 g/mol. The highest BCUT2D eigenvalue weighted by Gasteiger charge is 2.28. The molecule has 0 aliphatic carbocycles. The lowest BCUT2D eigenvalue weighted by Gasteiger charge is -2.34. The fraction of sp³-hybridized carbons (Fsp3) is 0.368. The highest BCUT2D eigenvalue weighted by molar-refractivity contribution is 7.89. The first-order valence-electron chi connectivity index (χ1n) is 8.55. The average Bonchev–Trinajstić information content (AvgIpc) is 2.64. The molecule has 0 radical (unpaired) electrons. The number of benzene rings is 2. The number of rotatable bonds is 5. The van der Waals surface area contributed by atoms with Gasteiger partial charge in [-0.1, -0.05) is 37.3 Å². The van der Waals surface area contributed by atoms with Crippen LogP contribution >= 0.6 is 0 Å². The molecule has 0 atom stereocenters. The average molecular weight is 362 g/mol. The van der Waals surface area contributed by atoms with Gasteiger partial charge in [-0.15, -0.1) is 0 Å².